The molecule has 0 fully saturated rings. The smallest absolute Gasteiger partial charge is 0.261 e. The van der Waals surface area contributed by atoms with Crippen molar-refractivity contribution in [2.75, 3.05) is 6.54 Å². The summed E-state index contributed by atoms with van der Waals surface area (Å²) in [6.07, 6.45) is 0.0590. The molecule has 3 N–H and O–H groups in total. The molecule has 186 valence electrons. The van der Waals surface area contributed by atoms with E-state index in [2.05, 4.69) is 4.72 Å². The van der Waals surface area contributed by atoms with Crippen molar-refractivity contribution in [2.24, 2.45) is 0 Å². The molecular weight excluding hydrogens is 506 g/mol. The molecule has 0 saturated carbocycles. The number of hydrogen-bond donors (Lipinski definition) is 3. The fourth-order valence-corrected chi connectivity index (χ4v) is 5.30. The van der Waals surface area contributed by atoms with Crippen LogP contribution in [0.3, 0.4) is 0 Å². The molecule has 1 heterocycles. The Morgan fingerprint density at radius 3 is 1.94 bits per heavy atom. The largest absolute Gasteiger partial charge is 0.289 e. The zero-order chi connectivity index (χ0) is 25.9. The van der Waals surface area contributed by atoms with Gasteiger partial charge in [-0.3, -0.25) is 24.5 Å². The van der Waals surface area contributed by atoms with Crippen molar-refractivity contribution in [3.63, 3.8) is 0 Å². The quantitative estimate of drug-likeness (QED) is 0.222. The highest BCUT2D eigenvalue weighted by Crippen LogP contribution is 2.24. The van der Waals surface area contributed by atoms with E-state index in [0.29, 0.717) is 16.1 Å². The van der Waals surface area contributed by atoms with Gasteiger partial charge in [-0.25, -0.2) is 13.9 Å². The van der Waals surface area contributed by atoms with Crippen LogP contribution in [0.2, 0.25) is 5.02 Å². The van der Waals surface area contributed by atoms with E-state index in [4.69, 9.17) is 16.8 Å². The molecule has 1 aliphatic heterocycles. The van der Waals surface area contributed by atoms with Crippen molar-refractivity contribution >= 4 is 39.3 Å². The number of carbonyl (C=O) groups is 3. The normalized spacial score (nSPS) is 14.0. The molecule has 1 aliphatic rings. The highest BCUT2D eigenvalue weighted by Gasteiger charge is 2.35. The molecular formula is C25H22ClN3O6S. The molecule has 1 unspecified atom stereocenters. The molecule has 0 radical (unpaired) electrons. The third-order valence-corrected chi connectivity index (χ3v) is 7.56. The van der Waals surface area contributed by atoms with Crippen molar-refractivity contribution in [1.29, 1.82) is 0 Å². The van der Waals surface area contributed by atoms with Crippen molar-refractivity contribution < 1.29 is 28.0 Å². The number of hydrogen-bond acceptors (Lipinski definition) is 6. The Morgan fingerprint density at radius 1 is 0.889 bits per heavy atom. The Labute approximate surface area is 212 Å². The van der Waals surface area contributed by atoms with Gasteiger partial charge < -0.3 is 0 Å². The van der Waals surface area contributed by atoms with Crippen LogP contribution in [0.4, 0.5) is 0 Å². The van der Waals surface area contributed by atoms with Gasteiger partial charge in [0.2, 0.25) is 10.0 Å². The highest BCUT2D eigenvalue weighted by atomic mass is 35.5. The van der Waals surface area contributed by atoms with Crippen LogP contribution >= 0.6 is 11.6 Å². The fraction of sp³-hybridized carbons (Fsp3) is 0.160. The van der Waals surface area contributed by atoms with E-state index in [1.54, 1.807) is 60.7 Å². The van der Waals surface area contributed by atoms with Crippen LogP contribution in [0.1, 0.15) is 33.6 Å². The van der Waals surface area contributed by atoms with E-state index in [0.717, 1.165) is 16.0 Å². The summed E-state index contributed by atoms with van der Waals surface area (Å²) in [6.45, 7) is -0.0148. The summed E-state index contributed by atoms with van der Waals surface area (Å²) in [4.78, 5) is 38.2. The molecule has 4 rings (SSSR count). The van der Waals surface area contributed by atoms with Crippen LogP contribution in [0.15, 0.2) is 77.7 Å². The maximum Gasteiger partial charge on any atom is 0.261 e. The van der Waals surface area contributed by atoms with E-state index in [1.807, 2.05) is 0 Å². The molecule has 36 heavy (non-hydrogen) atoms. The predicted octanol–water partition coefficient (Wildman–Crippen LogP) is 3.24. The summed E-state index contributed by atoms with van der Waals surface area (Å²) in [5, 5.41) is 9.69. The number of amides is 3. The van der Waals surface area contributed by atoms with Crippen LogP contribution < -0.4 is 10.2 Å². The third-order valence-electron chi connectivity index (χ3n) is 5.82. The predicted molar refractivity (Wildman–Crippen MR) is 132 cm³/mol. The molecule has 0 bridgehead atoms. The van der Waals surface area contributed by atoms with Gasteiger partial charge in [0.05, 0.1) is 16.0 Å². The van der Waals surface area contributed by atoms with Crippen LogP contribution in [0, 0.1) is 0 Å². The first-order chi connectivity index (χ1) is 17.2. The van der Waals surface area contributed by atoms with Crippen LogP contribution in [-0.2, 0) is 14.8 Å². The average molecular weight is 528 g/mol. The number of fused-ring (bicyclic) bond motifs is 1. The van der Waals surface area contributed by atoms with Gasteiger partial charge in [0, 0.05) is 11.6 Å². The lowest BCUT2D eigenvalue weighted by atomic mass is 10.1. The number of rotatable bonds is 9. The molecule has 1 atom stereocenters. The van der Waals surface area contributed by atoms with Crippen molar-refractivity contribution in [3.05, 3.63) is 88.9 Å². The number of halogens is 1. The minimum absolute atomic E-state index is 0.0148. The zero-order valence-corrected chi connectivity index (χ0v) is 20.4. The Bertz CT molecular complexity index is 1370. The number of carbonyl (C=O) groups excluding carboxylic acids is 3. The van der Waals surface area contributed by atoms with E-state index in [1.165, 1.54) is 17.6 Å². The summed E-state index contributed by atoms with van der Waals surface area (Å²) in [7, 11) is -4.13. The number of nitrogens with one attached hydrogen (secondary N) is 2. The third kappa shape index (κ3) is 5.31. The molecule has 0 saturated heterocycles. The summed E-state index contributed by atoms with van der Waals surface area (Å²) in [5.74, 6) is -1.85. The number of hydroxylamine groups is 1. The first-order valence-corrected chi connectivity index (χ1v) is 12.8. The van der Waals surface area contributed by atoms with E-state index in [9.17, 15) is 22.8 Å². The second kappa shape index (κ2) is 10.6. The highest BCUT2D eigenvalue weighted by molar-refractivity contribution is 7.89. The summed E-state index contributed by atoms with van der Waals surface area (Å²) in [6, 6.07) is 18.2. The topological polar surface area (TPSA) is 133 Å². The zero-order valence-electron chi connectivity index (χ0n) is 18.8. The van der Waals surface area contributed by atoms with Gasteiger partial charge in [-0.2, -0.15) is 4.72 Å². The Kier molecular flexibility index (Phi) is 7.51. The second-order valence-corrected chi connectivity index (χ2v) is 10.3. The molecule has 9 nitrogen and oxygen atoms in total. The first-order valence-electron chi connectivity index (χ1n) is 11.0. The number of benzene rings is 3. The first kappa shape index (κ1) is 25.5. The molecule has 3 aromatic carbocycles. The van der Waals surface area contributed by atoms with Gasteiger partial charge >= 0.3 is 0 Å². The van der Waals surface area contributed by atoms with Crippen LogP contribution in [0.5, 0.6) is 0 Å². The van der Waals surface area contributed by atoms with Crippen LogP contribution in [0.25, 0.3) is 11.1 Å². The summed E-state index contributed by atoms with van der Waals surface area (Å²) >= 11 is 5.90. The maximum absolute atomic E-state index is 12.9. The number of imide groups is 1. The standard InChI is InChI=1S/C25H22ClN3O6S/c26-18-11-7-16(8-12-18)17-9-13-19(14-10-17)36(34,35)28-22(23(30)27-33)6-3-15-29-24(31)20-4-1-2-5-21(20)25(29)32/h1-2,4-5,7-14,22,28,33H,3,6,15H2,(H,27,30). The van der Waals surface area contributed by atoms with Gasteiger partial charge in [0.15, 0.2) is 0 Å². The molecule has 11 heteroatoms. The minimum atomic E-state index is -4.13. The van der Waals surface area contributed by atoms with Gasteiger partial charge in [-0.15, -0.1) is 0 Å². The Balaban J connectivity index is 1.42. The molecule has 3 aromatic rings. The number of nitrogens with zero attached hydrogens (tertiary/aromatic N) is 1. The average Bonchev–Trinajstić information content (AvgIpc) is 3.13. The fourth-order valence-electron chi connectivity index (χ4n) is 3.94. The Morgan fingerprint density at radius 2 is 1.42 bits per heavy atom. The van der Waals surface area contributed by atoms with E-state index in [-0.39, 0.29) is 24.3 Å². The summed E-state index contributed by atoms with van der Waals surface area (Å²) < 4.78 is 28.1. The van der Waals surface area contributed by atoms with E-state index >= 15 is 0 Å². The second-order valence-electron chi connectivity index (χ2n) is 8.13. The van der Waals surface area contributed by atoms with Crippen molar-refractivity contribution in [2.45, 2.75) is 23.8 Å². The molecule has 0 aromatic heterocycles. The van der Waals surface area contributed by atoms with Crippen LogP contribution in [-0.4, -0.2) is 48.8 Å². The van der Waals surface area contributed by atoms with Crippen molar-refractivity contribution in [3.8, 4) is 11.1 Å². The lowest BCUT2D eigenvalue weighted by molar-refractivity contribution is -0.131. The monoisotopic (exact) mass is 527 g/mol. The number of sulfonamides is 1. The van der Waals surface area contributed by atoms with Gasteiger partial charge in [-0.05, 0) is 60.4 Å². The van der Waals surface area contributed by atoms with Crippen molar-refractivity contribution in [1.82, 2.24) is 15.1 Å². The molecule has 0 spiro atoms. The van der Waals surface area contributed by atoms with Gasteiger partial charge in [-0.1, -0.05) is 48.0 Å². The maximum atomic E-state index is 12.9. The lowest BCUT2D eigenvalue weighted by Crippen LogP contribution is -2.46. The SMILES string of the molecule is O=C(NO)C(CCCN1C(=O)c2ccccc2C1=O)NS(=O)(=O)c1ccc(-c2ccc(Cl)cc2)cc1. The van der Waals surface area contributed by atoms with Gasteiger partial charge in [0.1, 0.15) is 6.04 Å². The molecule has 3 amide bonds. The minimum Gasteiger partial charge on any atom is -0.289 e. The molecule has 0 aliphatic carbocycles. The Hall–Kier alpha value is -3.57. The summed E-state index contributed by atoms with van der Waals surface area (Å²) in [5.41, 5.74) is 3.69. The van der Waals surface area contributed by atoms with Gasteiger partial charge in [0.25, 0.3) is 17.7 Å². The lowest BCUT2D eigenvalue weighted by Gasteiger charge is -2.19. The van der Waals surface area contributed by atoms with E-state index < -0.39 is 33.8 Å².